The van der Waals surface area contributed by atoms with Crippen molar-refractivity contribution in [1.82, 2.24) is 0 Å². The SMILES string of the molecule is CCCCO[PH](=O)O.CP1(=O)CCCC1. The molecule has 1 N–H and O–H groups in total. The lowest BCUT2D eigenvalue weighted by atomic mass is 10.4. The topological polar surface area (TPSA) is 63.6 Å². The quantitative estimate of drug-likeness (QED) is 0.620. The molecule has 1 rings (SSSR count). The van der Waals surface area contributed by atoms with E-state index < -0.39 is 15.4 Å². The Balaban J connectivity index is 0.000000262. The number of hydrogen-bond donors (Lipinski definition) is 1. The maximum absolute atomic E-state index is 11.0. The van der Waals surface area contributed by atoms with Crippen molar-refractivity contribution in [3.63, 3.8) is 0 Å². The Labute approximate surface area is 92.7 Å². The predicted octanol–water partition coefficient (Wildman–Crippen LogP) is 2.96. The van der Waals surface area contributed by atoms with Crippen molar-refractivity contribution in [3.8, 4) is 0 Å². The molecule has 0 spiro atoms. The van der Waals surface area contributed by atoms with E-state index in [-0.39, 0.29) is 0 Å². The molecular formula is C9H22O4P2. The maximum atomic E-state index is 11.0. The second-order valence-electron chi connectivity index (χ2n) is 3.92. The third-order valence-electron chi connectivity index (χ3n) is 2.24. The molecule has 1 atom stereocenters. The first-order chi connectivity index (χ1) is 6.98. The van der Waals surface area contributed by atoms with Gasteiger partial charge in [0.25, 0.3) is 0 Å². The van der Waals surface area contributed by atoms with Crippen molar-refractivity contribution in [2.75, 3.05) is 25.6 Å². The summed E-state index contributed by atoms with van der Waals surface area (Å²) in [7, 11) is -4.20. The smallest absolute Gasteiger partial charge is 0.316 e. The van der Waals surface area contributed by atoms with Gasteiger partial charge in [-0.1, -0.05) is 13.3 Å². The summed E-state index contributed by atoms with van der Waals surface area (Å²) in [4.78, 5) is 8.10. The van der Waals surface area contributed by atoms with Crippen LogP contribution in [-0.4, -0.2) is 30.5 Å². The monoisotopic (exact) mass is 256 g/mol. The summed E-state index contributed by atoms with van der Waals surface area (Å²) in [5, 5.41) is 0. The van der Waals surface area contributed by atoms with E-state index in [4.69, 9.17) is 4.89 Å². The molecule has 0 radical (unpaired) electrons. The Kier molecular flexibility index (Phi) is 8.74. The average Bonchev–Trinajstić information content (AvgIpc) is 2.51. The molecule has 15 heavy (non-hydrogen) atoms. The summed E-state index contributed by atoms with van der Waals surface area (Å²) >= 11 is 0. The Morgan fingerprint density at radius 2 is 1.93 bits per heavy atom. The van der Waals surface area contributed by atoms with Gasteiger partial charge in [0.05, 0.1) is 13.7 Å². The molecule has 1 unspecified atom stereocenters. The summed E-state index contributed by atoms with van der Waals surface area (Å²) in [6.45, 7) is 4.32. The Hall–Kier alpha value is 0.380. The lowest BCUT2D eigenvalue weighted by Gasteiger charge is -1.96. The first-order valence-electron chi connectivity index (χ1n) is 5.39. The largest absolute Gasteiger partial charge is 0.326 e. The summed E-state index contributed by atoms with van der Waals surface area (Å²) in [6, 6.07) is 0. The molecule has 1 aliphatic rings. The van der Waals surface area contributed by atoms with Gasteiger partial charge in [0.2, 0.25) is 0 Å². The van der Waals surface area contributed by atoms with Gasteiger partial charge in [-0.15, -0.1) is 0 Å². The van der Waals surface area contributed by atoms with Crippen molar-refractivity contribution in [2.45, 2.75) is 32.6 Å². The minimum Gasteiger partial charge on any atom is -0.326 e. The van der Waals surface area contributed by atoms with Crippen molar-refractivity contribution in [2.24, 2.45) is 0 Å². The minimum absolute atomic E-state index is 0.408. The van der Waals surface area contributed by atoms with E-state index in [1.165, 1.54) is 12.8 Å². The molecule has 1 heterocycles. The Morgan fingerprint density at radius 3 is 2.20 bits per heavy atom. The van der Waals surface area contributed by atoms with Gasteiger partial charge >= 0.3 is 8.25 Å². The fourth-order valence-electron chi connectivity index (χ4n) is 1.31. The molecule has 0 aromatic rings. The Bertz CT molecular complexity index is 220. The first-order valence-corrected chi connectivity index (χ1v) is 9.18. The maximum Gasteiger partial charge on any atom is 0.316 e. The van der Waals surface area contributed by atoms with Crippen LogP contribution in [0.5, 0.6) is 0 Å². The van der Waals surface area contributed by atoms with Gasteiger partial charge in [-0.3, -0.25) is 4.57 Å². The van der Waals surface area contributed by atoms with Gasteiger partial charge in [-0.2, -0.15) is 0 Å². The molecule has 92 valence electrons. The molecule has 0 aromatic heterocycles. The van der Waals surface area contributed by atoms with E-state index in [9.17, 15) is 9.13 Å². The third-order valence-corrected chi connectivity index (χ3v) is 5.21. The fourth-order valence-corrected chi connectivity index (χ4v) is 3.64. The van der Waals surface area contributed by atoms with E-state index in [1.54, 1.807) is 0 Å². The van der Waals surface area contributed by atoms with Crippen LogP contribution in [0.3, 0.4) is 0 Å². The van der Waals surface area contributed by atoms with Crippen molar-refractivity contribution >= 4 is 15.4 Å². The molecule has 0 aliphatic carbocycles. The molecule has 1 aliphatic heterocycles. The van der Waals surface area contributed by atoms with Crippen LogP contribution in [0.2, 0.25) is 0 Å². The van der Waals surface area contributed by atoms with Crippen LogP contribution in [0, 0.1) is 0 Å². The van der Waals surface area contributed by atoms with Crippen molar-refractivity contribution in [1.29, 1.82) is 0 Å². The zero-order valence-electron chi connectivity index (χ0n) is 9.57. The van der Waals surface area contributed by atoms with Gasteiger partial charge < -0.3 is 14.0 Å². The number of unbranched alkanes of at least 4 members (excludes halogenated alkanes) is 1. The average molecular weight is 256 g/mol. The van der Waals surface area contributed by atoms with Gasteiger partial charge in [0.1, 0.15) is 0 Å². The second kappa shape index (κ2) is 8.52. The van der Waals surface area contributed by atoms with Crippen molar-refractivity contribution in [3.05, 3.63) is 0 Å². The van der Waals surface area contributed by atoms with Crippen LogP contribution in [0.15, 0.2) is 0 Å². The highest BCUT2D eigenvalue weighted by atomic mass is 31.2. The summed E-state index contributed by atoms with van der Waals surface area (Å²) in [5.74, 6) is 0. The highest BCUT2D eigenvalue weighted by Gasteiger charge is 2.19. The summed E-state index contributed by atoms with van der Waals surface area (Å²) in [5.41, 5.74) is 0. The van der Waals surface area contributed by atoms with Crippen LogP contribution in [0.25, 0.3) is 0 Å². The van der Waals surface area contributed by atoms with Crippen LogP contribution in [0.4, 0.5) is 0 Å². The Morgan fingerprint density at radius 1 is 1.40 bits per heavy atom. The predicted molar refractivity (Wildman–Crippen MR) is 64.6 cm³/mol. The van der Waals surface area contributed by atoms with Gasteiger partial charge in [0.15, 0.2) is 0 Å². The minimum atomic E-state index is -2.66. The molecule has 6 heteroatoms. The van der Waals surface area contributed by atoms with Crippen LogP contribution in [0.1, 0.15) is 32.6 Å². The fraction of sp³-hybridized carbons (Fsp3) is 1.00. The van der Waals surface area contributed by atoms with E-state index >= 15 is 0 Å². The van der Waals surface area contributed by atoms with Gasteiger partial charge in [-0.05, 0) is 25.9 Å². The molecular weight excluding hydrogens is 234 g/mol. The van der Waals surface area contributed by atoms with Gasteiger partial charge in [-0.25, -0.2) is 0 Å². The summed E-state index contributed by atoms with van der Waals surface area (Å²) in [6.07, 6.45) is 6.27. The molecule has 4 nitrogen and oxygen atoms in total. The lowest BCUT2D eigenvalue weighted by Crippen LogP contribution is -1.82. The molecule has 0 amide bonds. The third kappa shape index (κ3) is 10.7. The molecule has 1 saturated heterocycles. The van der Waals surface area contributed by atoms with Crippen LogP contribution in [-0.2, 0) is 13.7 Å². The highest BCUT2D eigenvalue weighted by Crippen LogP contribution is 2.47. The van der Waals surface area contributed by atoms with Crippen LogP contribution >= 0.6 is 15.4 Å². The van der Waals surface area contributed by atoms with E-state index in [0.717, 1.165) is 25.2 Å². The molecule has 0 aromatic carbocycles. The molecule has 0 saturated carbocycles. The van der Waals surface area contributed by atoms with Crippen molar-refractivity contribution < 1.29 is 18.5 Å². The zero-order valence-corrected chi connectivity index (χ0v) is 11.5. The second-order valence-corrected chi connectivity index (χ2v) is 8.23. The molecule has 1 fully saturated rings. The van der Waals surface area contributed by atoms with Crippen LogP contribution < -0.4 is 0 Å². The van der Waals surface area contributed by atoms with Gasteiger partial charge in [0, 0.05) is 12.3 Å². The number of hydrogen-bond acceptors (Lipinski definition) is 3. The lowest BCUT2D eigenvalue weighted by molar-refractivity contribution is 0.276. The zero-order chi connectivity index (χ0) is 11.7. The van der Waals surface area contributed by atoms with E-state index in [2.05, 4.69) is 4.52 Å². The van der Waals surface area contributed by atoms with E-state index in [1.807, 2.05) is 13.6 Å². The standard InChI is InChI=1S/C5H11OP.C4H11O3P/c1-7(6)4-2-3-5-7;1-2-3-4-7-8(5)6/h2-5H2,1H3;8H,2-4H2,1H3,(H,5,6). The molecule has 0 bridgehead atoms. The normalized spacial score (nSPS) is 20.5. The highest BCUT2D eigenvalue weighted by molar-refractivity contribution is 7.63. The number of rotatable bonds is 4. The first kappa shape index (κ1) is 15.4. The van der Waals surface area contributed by atoms with E-state index in [0.29, 0.717) is 6.61 Å². The summed E-state index contributed by atoms with van der Waals surface area (Å²) < 4.78 is 25.2.